The van der Waals surface area contributed by atoms with Crippen LogP contribution in [0.25, 0.3) is 0 Å². The number of halogens is 1. The molecule has 0 saturated carbocycles. The Hall–Kier alpha value is -5.75. The molecule has 0 aromatic heterocycles. The van der Waals surface area contributed by atoms with Crippen LogP contribution in [0.4, 0.5) is 4.39 Å². The van der Waals surface area contributed by atoms with Gasteiger partial charge in [-0.05, 0) is 79.6 Å². The summed E-state index contributed by atoms with van der Waals surface area (Å²) in [6.07, 6.45) is 1.94. The maximum absolute atomic E-state index is 14.4. The number of amides is 4. The molecule has 2 aliphatic rings. The van der Waals surface area contributed by atoms with Crippen molar-refractivity contribution in [1.82, 2.24) is 21.3 Å². The molecular formula is C43H47FN4O7. The van der Waals surface area contributed by atoms with E-state index in [1.54, 1.807) is 54.6 Å². The number of nitrogens with one attached hydrogen (secondary N) is 4. The Labute approximate surface area is 320 Å². The van der Waals surface area contributed by atoms with E-state index in [-0.39, 0.29) is 55.8 Å². The van der Waals surface area contributed by atoms with E-state index < -0.39 is 29.3 Å². The fourth-order valence-electron chi connectivity index (χ4n) is 6.96. The first-order chi connectivity index (χ1) is 26.8. The second-order valence-corrected chi connectivity index (χ2v) is 13.9. The summed E-state index contributed by atoms with van der Waals surface area (Å²) in [7, 11) is 0. The topological polar surface area (TPSA) is 144 Å². The Kier molecular flexibility index (Phi) is 13.5. The largest absolute Gasteiger partial charge is 0.493 e. The van der Waals surface area contributed by atoms with Gasteiger partial charge in [0.2, 0.25) is 11.8 Å². The van der Waals surface area contributed by atoms with E-state index in [9.17, 15) is 23.6 Å². The molecule has 2 heterocycles. The molecular weight excluding hydrogens is 703 g/mol. The molecule has 55 heavy (non-hydrogen) atoms. The summed E-state index contributed by atoms with van der Waals surface area (Å²) in [5.41, 5.74) is 1.74. The molecule has 2 aliphatic heterocycles. The summed E-state index contributed by atoms with van der Waals surface area (Å²) < 4.78 is 32.1. The maximum atomic E-state index is 14.4. The van der Waals surface area contributed by atoms with Gasteiger partial charge >= 0.3 is 0 Å². The zero-order valence-electron chi connectivity index (χ0n) is 30.7. The van der Waals surface area contributed by atoms with Gasteiger partial charge in [-0.1, -0.05) is 66.7 Å². The molecule has 11 nitrogen and oxygen atoms in total. The van der Waals surface area contributed by atoms with Crippen LogP contribution in [0, 0.1) is 5.82 Å². The van der Waals surface area contributed by atoms with Crippen molar-refractivity contribution in [2.75, 3.05) is 39.5 Å². The van der Waals surface area contributed by atoms with E-state index in [1.165, 1.54) is 12.1 Å². The van der Waals surface area contributed by atoms with Crippen LogP contribution in [0.2, 0.25) is 0 Å². The summed E-state index contributed by atoms with van der Waals surface area (Å²) in [6.45, 7) is 1.68. The molecule has 2 atom stereocenters. The average Bonchev–Trinajstić information content (AvgIpc) is 3.21. The number of para-hydroxylation sites is 2. The number of rotatable bonds is 6. The third kappa shape index (κ3) is 10.7. The molecule has 0 unspecified atom stereocenters. The van der Waals surface area contributed by atoms with E-state index in [0.29, 0.717) is 62.5 Å². The summed E-state index contributed by atoms with van der Waals surface area (Å²) in [5, 5.41) is 11.8. The highest BCUT2D eigenvalue weighted by Gasteiger charge is 2.36. The second kappa shape index (κ2) is 19.0. The van der Waals surface area contributed by atoms with Crippen molar-refractivity contribution < 1.29 is 37.8 Å². The summed E-state index contributed by atoms with van der Waals surface area (Å²) >= 11 is 0. The Bertz CT molecular complexity index is 1940. The Balaban J connectivity index is 1.24. The molecule has 0 bridgehead atoms. The first kappa shape index (κ1) is 39.0. The number of fused-ring (bicyclic) bond motifs is 2. The lowest BCUT2D eigenvalue weighted by atomic mass is 9.74. The van der Waals surface area contributed by atoms with E-state index in [2.05, 4.69) is 21.3 Å². The standard InChI is InChI=1S/C43H47FN4O7/c44-32-13-8-12-31(27-32)43(20-24-53-25-21-43)29-46-42(52)36-18-19-39(49)47-33(26-30-10-2-1-3-11-30)28-55-38-17-7-4-14-34(38)40(50)45-22-9-23-54-37-16-6-5-15-35(37)41(51)48-36/h1-8,10-17,27,33,36H,9,18-26,28-29H2,(H,45,50)(H,46,52)(H,47,49)(H,48,51)/t33-,36-/m0/s1. The van der Waals surface area contributed by atoms with Gasteiger partial charge in [0.1, 0.15) is 30.0 Å². The fourth-order valence-corrected chi connectivity index (χ4v) is 6.96. The van der Waals surface area contributed by atoms with Crippen molar-refractivity contribution in [2.24, 2.45) is 0 Å². The van der Waals surface area contributed by atoms with Gasteiger partial charge in [-0.3, -0.25) is 19.2 Å². The van der Waals surface area contributed by atoms with Crippen LogP contribution in [0.3, 0.4) is 0 Å². The highest BCUT2D eigenvalue weighted by atomic mass is 19.1. The number of hydrogen-bond donors (Lipinski definition) is 4. The van der Waals surface area contributed by atoms with E-state index in [4.69, 9.17) is 14.2 Å². The van der Waals surface area contributed by atoms with Crippen LogP contribution < -0.4 is 30.7 Å². The van der Waals surface area contributed by atoms with Crippen molar-refractivity contribution in [3.63, 3.8) is 0 Å². The minimum Gasteiger partial charge on any atom is -0.493 e. The SMILES string of the molecule is O=C1CC[C@@H](C(=O)NCC2(c3cccc(F)c3)CCOCC2)NC(=O)c2ccccc2OCCCNC(=O)c2ccccc2OC[C@H](Cc2ccccc2)N1. The molecule has 12 heteroatoms. The lowest BCUT2D eigenvalue weighted by Crippen LogP contribution is -2.52. The van der Waals surface area contributed by atoms with Crippen LogP contribution >= 0.6 is 0 Å². The number of carbonyl (C=O) groups is 4. The van der Waals surface area contributed by atoms with Gasteiger partial charge in [-0.15, -0.1) is 0 Å². The normalized spacial score (nSPS) is 19.8. The molecule has 4 N–H and O–H groups in total. The highest BCUT2D eigenvalue weighted by molar-refractivity contribution is 6.00. The monoisotopic (exact) mass is 750 g/mol. The molecule has 6 rings (SSSR count). The lowest BCUT2D eigenvalue weighted by molar-refractivity contribution is -0.124. The van der Waals surface area contributed by atoms with Crippen molar-refractivity contribution in [1.29, 1.82) is 0 Å². The van der Waals surface area contributed by atoms with Gasteiger partial charge in [-0.2, -0.15) is 0 Å². The third-order valence-corrected chi connectivity index (χ3v) is 10.0. The predicted octanol–water partition coefficient (Wildman–Crippen LogP) is 4.89. The maximum Gasteiger partial charge on any atom is 0.255 e. The van der Waals surface area contributed by atoms with Gasteiger partial charge in [0.15, 0.2) is 0 Å². The lowest BCUT2D eigenvalue weighted by Gasteiger charge is -2.38. The average molecular weight is 751 g/mol. The zero-order chi connectivity index (χ0) is 38.5. The van der Waals surface area contributed by atoms with Crippen LogP contribution in [0.15, 0.2) is 103 Å². The van der Waals surface area contributed by atoms with Gasteiger partial charge in [0.25, 0.3) is 11.8 Å². The third-order valence-electron chi connectivity index (χ3n) is 10.0. The van der Waals surface area contributed by atoms with Crippen LogP contribution in [0.5, 0.6) is 11.5 Å². The van der Waals surface area contributed by atoms with E-state index >= 15 is 0 Å². The van der Waals surface area contributed by atoms with Crippen LogP contribution in [-0.4, -0.2) is 75.2 Å². The Morgan fingerprint density at radius 2 is 1.47 bits per heavy atom. The molecule has 0 spiro atoms. The van der Waals surface area contributed by atoms with Crippen molar-refractivity contribution in [3.8, 4) is 11.5 Å². The van der Waals surface area contributed by atoms with Gasteiger partial charge in [-0.25, -0.2) is 4.39 Å². The number of carbonyl (C=O) groups excluding carboxylic acids is 4. The molecule has 0 radical (unpaired) electrons. The molecule has 288 valence electrons. The van der Waals surface area contributed by atoms with Gasteiger partial charge < -0.3 is 35.5 Å². The van der Waals surface area contributed by atoms with E-state index in [0.717, 1.165) is 11.1 Å². The van der Waals surface area contributed by atoms with Crippen molar-refractivity contribution in [3.05, 3.63) is 131 Å². The van der Waals surface area contributed by atoms with Gasteiger partial charge in [0.05, 0.1) is 23.8 Å². The minimum absolute atomic E-state index is 0.00950. The second-order valence-electron chi connectivity index (χ2n) is 13.9. The van der Waals surface area contributed by atoms with Gasteiger partial charge in [0, 0.05) is 38.1 Å². The quantitative estimate of drug-likeness (QED) is 0.220. The highest BCUT2D eigenvalue weighted by Crippen LogP contribution is 2.35. The smallest absolute Gasteiger partial charge is 0.255 e. The number of hydrogen-bond acceptors (Lipinski definition) is 7. The summed E-state index contributed by atoms with van der Waals surface area (Å²) in [5.74, 6) is -1.34. The molecule has 4 amide bonds. The Morgan fingerprint density at radius 1 is 0.782 bits per heavy atom. The molecule has 1 saturated heterocycles. The summed E-state index contributed by atoms with van der Waals surface area (Å²) in [6, 6.07) is 28.1. The van der Waals surface area contributed by atoms with Crippen molar-refractivity contribution >= 4 is 23.6 Å². The fraction of sp³-hybridized carbons (Fsp3) is 0.349. The van der Waals surface area contributed by atoms with Crippen molar-refractivity contribution in [2.45, 2.75) is 56.0 Å². The summed E-state index contributed by atoms with van der Waals surface area (Å²) in [4.78, 5) is 54.7. The molecule has 1 fully saturated rings. The Morgan fingerprint density at radius 3 is 2.22 bits per heavy atom. The molecule has 4 aromatic rings. The van der Waals surface area contributed by atoms with E-state index in [1.807, 2.05) is 36.4 Å². The first-order valence-electron chi connectivity index (χ1n) is 18.8. The predicted molar refractivity (Wildman–Crippen MR) is 205 cm³/mol. The first-order valence-corrected chi connectivity index (χ1v) is 18.8. The zero-order valence-corrected chi connectivity index (χ0v) is 30.7. The van der Waals surface area contributed by atoms with Crippen LogP contribution in [0.1, 0.15) is 63.9 Å². The molecule has 0 aliphatic carbocycles. The number of benzene rings is 4. The molecule has 4 aromatic carbocycles. The number of ether oxygens (including phenoxy) is 3. The van der Waals surface area contributed by atoms with Crippen LogP contribution in [-0.2, 0) is 26.2 Å². The minimum atomic E-state index is -1.09.